The molecule has 4 aromatic rings. The number of anilines is 1. The van der Waals surface area contributed by atoms with Gasteiger partial charge in [0.15, 0.2) is 5.82 Å². The topological polar surface area (TPSA) is 93.2 Å². The van der Waals surface area contributed by atoms with Crippen LogP contribution in [0.25, 0.3) is 32.7 Å². The van der Waals surface area contributed by atoms with Gasteiger partial charge in [-0.25, -0.2) is 9.97 Å². The van der Waals surface area contributed by atoms with Crippen LogP contribution in [-0.2, 0) is 9.59 Å². The number of nitrogens with one attached hydrogen (secondary N) is 2. The third-order valence-corrected chi connectivity index (χ3v) is 6.15. The molecule has 0 aliphatic carbocycles. The van der Waals surface area contributed by atoms with Crippen LogP contribution in [0.3, 0.4) is 0 Å². The summed E-state index contributed by atoms with van der Waals surface area (Å²) in [6.45, 7) is 1.61. The monoisotopic (exact) mass is 442 g/mol. The van der Waals surface area contributed by atoms with E-state index in [9.17, 15) is 9.59 Å². The van der Waals surface area contributed by atoms with Gasteiger partial charge in [-0.1, -0.05) is 30.3 Å². The summed E-state index contributed by atoms with van der Waals surface area (Å²) < 4.78 is 5.24. The minimum Gasteiger partial charge on any atom is -0.497 e. The molecule has 0 bridgehead atoms. The molecule has 8 heteroatoms. The maximum atomic E-state index is 12.3. The summed E-state index contributed by atoms with van der Waals surface area (Å²) in [5, 5.41) is 8.26. The van der Waals surface area contributed by atoms with Crippen molar-refractivity contribution in [2.24, 2.45) is 0 Å². The number of benzene rings is 2. The number of amides is 2. The van der Waals surface area contributed by atoms with Gasteiger partial charge in [0, 0.05) is 22.1 Å². The quantitative estimate of drug-likeness (QED) is 0.446. The first-order valence-electron chi connectivity index (χ1n) is 9.88. The molecule has 0 saturated heterocycles. The lowest BCUT2D eigenvalue weighted by Gasteiger charge is -2.11. The lowest BCUT2D eigenvalue weighted by atomic mass is 10.1. The Balaban J connectivity index is 1.70. The molecule has 0 spiro atoms. The minimum atomic E-state index is -0.471. The van der Waals surface area contributed by atoms with Crippen molar-refractivity contribution in [1.82, 2.24) is 15.3 Å². The van der Waals surface area contributed by atoms with Crippen LogP contribution in [0.2, 0.25) is 0 Å². The summed E-state index contributed by atoms with van der Waals surface area (Å²) in [4.78, 5) is 34.6. The van der Waals surface area contributed by atoms with Gasteiger partial charge in [-0.05, 0) is 36.8 Å². The zero-order valence-electron chi connectivity index (χ0n) is 17.3. The highest BCUT2D eigenvalue weighted by molar-refractivity contribution is 7.17. The van der Waals surface area contributed by atoms with Gasteiger partial charge >= 0.3 is 0 Å². The van der Waals surface area contributed by atoms with E-state index in [-0.39, 0.29) is 5.70 Å². The molecule has 3 heterocycles. The van der Waals surface area contributed by atoms with Gasteiger partial charge in [0.2, 0.25) is 0 Å². The maximum Gasteiger partial charge on any atom is 0.275 e. The Morgan fingerprint density at radius 1 is 0.938 bits per heavy atom. The second kappa shape index (κ2) is 7.90. The predicted octanol–water partition coefficient (Wildman–Crippen LogP) is 4.38. The number of ether oxygens (including phenoxy) is 1. The number of imide groups is 1. The summed E-state index contributed by atoms with van der Waals surface area (Å²) in [6.07, 6.45) is 0. The van der Waals surface area contributed by atoms with Crippen molar-refractivity contribution in [2.45, 2.75) is 6.92 Å². The van der Waals surface area contributed by atoms with E-state index in [0.29, 0.717) is 17.2 Å². The smallest absolute Gasteiger partial charge is 0.275 e. The molecule has 2 aromatic heterocycles. The van der Waals surface area contributed by atoms with Gasteiger partial charge in [-0.2, -0.15) is 0 Å². The molecule has 0 atom stereocenters. The van der Waals surface area contributed by atoms with Gasteiger partial charge in [0.05, 0.1) is 12.5 Å². The van der Waals surface area contributed by atoms with E-state index < -0.39 is 11.8 Å². The molecule has 0 unspecified atom stereocenters. The molecule has 2 aromatic carbocycles. The number of carbonyl (C=O) groups is 2. The third kappa shape index (κ3) is 3.40. The minimum absolute atomic E-state index is 0.195. The molecule has 32 heavy (non-hydrogen) atoms. The van der Waals surface area contributed by atoms with Gasteiger partial charge in [-0.15, -0.1) is 11.3 Å². The molecule has 158 valence electrons. The summed E-state index contributed by atoms with van der Waals surface area (Å²) in [7, 11) is 1.61. The summed E-state index contributed by atoms with van der Waals surface area (Å²) >= 11 is 1.50. The Hall–Kier alpha value is -4.04. The van der Waals surface area contributed by atoms with E-state index in [1.165, 1.54) is 11.3 Å². The van der Waals surface area contributed by atoms with Crippen LogP contribution >= 0.6 is 11.3 Å². The Morgan fingerprint density at radius 3 is 2.34 bits per heavy atom. The second-order valence-electron chi connectivity index (χ2n) is 7.23. The SMILES string of the molecule is COc1ccc(-c2nc(NC3=C(C)C(=O)NC3=O)c3c(-c4ccccc4)csc3n2)cc1. The van der Waals surface area contributed by atoms with Crippen molar-refractivity contribution < 1.29 is 14.3 Å². The maximum absolute atomic E-state index is 12.3. The lowest BCUT2D eigenvalue weighted by molar-refractivity contribution is -0.124. The van der Waals surface area contributed by atoms with Crippen molar-refractivity contribution in [3.05, 3.63) is 71.2 Å². The van der Waals surface area contributed by atoms with E-state index in [1.54, 1.807) is 14.0 Å². The van der Waals surface area contributed by atoms with E-state index in [4.69, 9.17) is 14.7 Å². The third-order valence-electron chi connectivity index (χ3n) is 5.28. The Morgan fingerprint density at radius 2 is 1.69 bits per heavy atom. The number of carbonyl (C=O) groups excluding carboxylic acids is 2. The molecule has 0 fully saturated rings. The van der Waals surface area contributed by atoms with Crippen LogP contribution < -0.4 is 15.4 Å². The average molecular weight is 443 g/mol. The number of rotatable bonds is 5. The fourth-order valence-corrected chi connectivity index (χ4v) is 4.49. The Labute approximate surface area is 187 Å². The standard InChI is InChI=1S/C24H18N4O3S/c1-13-19(23(30)28-22(13)29)25-21-18-17(14-6-4-3-5-7-14)12-32-24(18)27-20(26-21)15-8-10-16(31-2)11-9-15/h3-12H,1-2H3,(H2,25,26,27,28,29,30). The van der Waals surface area contributed by atoms with Crippen molar-refractivity contribution >= 4 is 39.2 Å². The van der Waals surface area contributed by atoms with Gasteiger partial charge in [0.1, 0.15) is 22.1 Å². The van der Waals surface area contributed by atoms with Crippen molar-refractivity contribution in [3.8, 4) is 28.3 Å². The molecular formula is C24H18N4O3S. The van der Waals surface area contributed by atoms with Crippen LogP contribution in [0.1, 0.15) is 6.92 Å². The van der Waals surface area contributed by atoms with Gasteiger partial charge in [0.25, 0.3) is 11.8 Å². The van der Waals surface area contributed by atoms with Crippen molar-refractivity contribution in [3.63, 3.8) is 0 Å². The fraction of sp³-hybridized carbons (Fsp3) is 0.0833. The number of hydrogen-bond donors (Lipinski definition) is 2. The summed E-state index contributed by atoms with van der Waals surface area (Å²) in [5.41, 5.74) is 3.30. The van der Waals surface area contributed by atoms with E-state index in [1.807, 2.05) is 60.0 Å². The van der Waals surface area contributed by atoms with Crippen LogP contribution in [-0.4, -0.2) is 28.9 Å². The number of nitrogens with zero attached hydrogens (tertiary/aromatic N) is 2. The lowest BCUT2D eigenvalue weighted by Crippen LogP contribution is -2.24. The van der Waals surface area contributed by atoms with E-state index in [2.05, 4.69) is 10.6 Å². The first-order valence-corrected chi connectivity index (χ1v) is 10.8. The summed E-state index contributed by atoms with van der Waals surface area (Å²) in [6, 6.07) is 17.4. The number of methoxy groups -OCH3 is 1. The van der Waals surface area contributed by atoms with Gasteiger partial charge in [-0.3, -0.25) is 14.9 Å². The number of fused-ring (bicyclic) bond motifs is 1. The molecule has 0 saturated carbocycles. The predicted molar refractivity (Wildman–Crippen MR) is 124 cm³/mol. The van der Waals surface area contributed by atoms with Gasteiger partial charge < -0.3 is 10.1 Å². The number of hydrogen-bond acceptors (Lipinski definition) is 7. The zero-order valence-corrected chi connectivity index (χ0v) is 18.1. The zero-order chi connectivity index (χ0) is 22.2. The highest BCUT2D eigenvalue weighted by Gasteiger charge is 2.28. The first kappa shape index (κ1) is 19.9. The Kier molecular flexibility index (Phi) is 4.91. The van der Waals surface area contributed by atoms with Crippen molar-refractivity contribution in [2.75, 3.05) is 12.4 Å². The molecular weight excluding hydrogens is 424 g/mol. The van der Waals surface area contributed by atoms with Crippen LogP contribution in [0.5, 0.6) is 5.75 Å². The molecule has 0 radical (unpaired) electrons. The number of aromatic nitrogens is 2. The van der Waals surface area contributed by atoms with Crippen LogP contribution in [0.4, 0.5) is 5.82 Å². The van der Waals surface area contributed by atoms with Crippen molar-refractivity contribution in [1.29, 1.82) is 0 Å². The highest BCUT2D eigenvalue weighted by atomic mass is 32.1. The van der Waals surface area contributed by atoms with Crippen LogP contribution in [0, 0.1) is 0 Å². The second-order valence-corrected chi connectivity index (χ2v) is 8.09. The molecule has 2 amide bonds. The molecule has 2 N–H and O–H groups in total. The average Bonchev–Trinajstić information content (AvgIpc) is 3.36. The van der Waals surface area contributed by atoms with E-state index in [0.717, 1.165) is 32.7 Å². The normalized spacial score (nSPS) is 13.6. The van der Waals surface area contributed by atoms with E-state index >= 15 is 0 Å². The van der Waals surface area contributed by atoms with Crippen LogP contribution in [0.15, 0.2) is 71.2 Å². The molecule has 1 aliphatic heterocycles. The largest absolute Gasteiger partial charge is 0.497 e. The summed E-state index contributed by atoms with van der Waals surface area (Å²) in [5.74, 6) is 0.832. The molecule has 7 nitrogen and oxygen atoms in total. The first-order chi connectivity index (χ1) is 15.5. The highest BCUT2D eigenvalue weighted by Crippen LogP contribution is 2.39. The number of thiophene rings is 1. The molecule has 5 rings (SSSR count). The fourth-order valence-electron chi connectivity index (χ4n) is 3.54. The molecule has 1 aliphatic rings. The Bertz CT molecular complexity index is 1390.